The maximum Gasteiger partial charge on any atom is 0.269 e. The second-order valence-corrected chi connectivity index (χ2v) is 8.05. The monoisotopic (exact) mass is 520 g/mol. The highest BCUT2D eigenvalue weighted by molar-refractivity contribution is 9.10. The standard InChI is InChI=1S/C24H14BrClN4O3/c25-16-8-10-17(11-9-16)33-23-18(24(32)30-12-4-3-7-21(30)29-23)13-15(14-27)22(31)28-20-6-2-1-5-19(20)26/h1-13H,(H,28,31)/b15-13+. The molecule has 0 aliphatic rings. The minimum absolute atomic E-state index is 0.0354. The molecule has 2 aromatic carbocycles. The maximum atomic E-state index is 13.2. The van der Waals surface area contributed by atoms with Crippen LogP contribution in [-0.4, -0.2) is 15.3 Å². The Hall–Kier alpha value is -3.93. The summed E-state index contributed by atoms with van der Waals surface area (Å²) in [6.45, 7) is 0. The zero-order chi connectivity index (χ0) is 23.4. The van der Waals surface area contributed by atoms with E-state index in [1.807, 2.05) is 6.07 Å². The fourth-order valence-electron chi connectivity index (χ4n) is 2.94. The highest BCUT2D eigenvalue weighted by Gasteiger charge is 2.18. The Morgan fingerprint density at radius 3 is 2.58 bits per heavy atom. The summed E-state index contributed by atoms with van der Waals surface area (Å²) in [6.07, 6.45) is 2.70. The van der Waals surface area contributed by atoms with Crippen LogP contribution in [0, 0.1) is 11.3 Å². The first-order chi connectivity index (χ1) is 16.0. The van der Waals surface area contributed by atoms with Crippen LogP contribution in [0.25, 0.3) is 11.7 Å². The maximum absolute atomic E-state index is 13.2. The van der Waals surface area contributed by atoms with Gasteiger partial charge in [0.05, 0.1) is 10.7 Å². The van der Waals surface area contributed by atoms with Gasteiger partial charge in [0.2, 0.25) is 5.88 Å². The summed E-state index contributed by atoms with van der Waals surface area (Å²) in [5, 5.41) is 12.5. The molecule has 0 spiro atoms. The van der Waals surface area contributed by atoms with Crippen molar-refractivity contribution in [2.24, 2.45) is 0 Å². The Balaban J connectivity index is 1.81. The quantitative estimate of drug-likeness (QED) is 0.278. The lowest BCUT2D eigenvalue weighted by molar-refractivity contribution is -0.112. The number of carbonyl (C=O) groups excluding carboxylic acids is 1. The molecule has 162 valence electrons. The van der Waals surface area contributed by atoms with Crippen molar-refractivity contribution in [2.45, 2.75) is 0 Å². The Bertz CT molecular complexity index is 1490. The van der Waals surface area contributed by atoms with Gasteiger partial charge < -0.3 is 10.1 Å². The molecule has 1 amide bonds. The van der Waals surface area contributed by atoms with E-state index in [-0.39, 0.29) is 17.0 Å². The van der Waals surface area contributed by atoms with Gasteiger partial charge >= 0.3 is 0 Å². The number of nitrogens with zero attached hydrogens (tertiary/aromatic N) is 3. The molecule has 0 bridgehead atoms. The number of amides is 1. The second kappa shape index (κ2) is 9.69. The smallest absolute Gasteiger partial charge is 0.269 e. The predicted molar refractivity (Wildman–Crippen MR) is 129 cm³/mol. The molecule has 0 unspecified atom stereocenters. The number of pyridine rings is 1. The van der Waals surface area contributed by atoms with E-state index in [9.17, 15) is 14.9 Å². The molecule has 7 nitrogen and oxygen atoms in total. The number of nitriles is 1. The summed E-state index contributed by atoms with van der Waals surface area (Å²) < 4.78 is 8.02. The van der Waals surface area contributed by atoms with E-state index in [1.165, 1.54) is 4.40 Å². The number of carbonyl (C=O) groups is 1. The first-order valence-corrected chi connectivity index (χ1v) is 10.8. The van der Waals surface area contributed by atoms with E-state index in [4.69, 9.17) is 16.3 Å². The number of nitrogens with one attached hydrogen (secondary N) is 1. The third-order valence-electron chi connectivity index (χ3n) is 4.54. The first-order valence-electron chi connectivity index (χ1n) is 9.59. The van der Waals surface area contributed by atoms with Crippen LogP contribution in [0.3, 0.4) is 0 Å². The number of benzene rings is 2. The Kier molecular flexibility index (Phi) is 6.54. The summed E-state index contributed by atoms with van der Waals surface area (Å²) in [7, 11) is 0. The Morgan fingerprint density at radius 1 is 1.12 bits per heavy atom. The highest BCUT2D eigenvalue weighted by Crippen LogP contribution is 2.26. The molecular formula is C24H14BrClN4O3. The predicted octanol–water partition coefficient (Wildman–Crippen LogP) is 5.45. The lowest BCUT2D eigenvalue weighted by Crippen LogP contribution is -2.20. The van der Waals surface area contributed by atoms with E-state index in [2.05, 4.69) is 26.2 Å². The highest BCUT2D eigenvalue weighted by atomic mass is 79.9. The third kappa shape index (κ3) is 4.95. The van der Waals surface area contributed by atoms with Crippen LogP contribution < -0.4 is 15.6 Å². The van der Waals surface area contributed by atoms with Gasteiger partial charge in [0.25, 0.3) is 11.5 Å². The molecule has 0 radical (unpaired) electrons. The minimum Gasteiger partial charge on any atom is -0.438 e. The molecule has 1 N–H and O–H groups in total. The number of hydrogen-bond acceptors (Lipinski definition) is 5. The van der Waals surface area contributed by atoms with Crippen molar-refractivity contribution in [1.82, 2.24) is 9.38 Å². The molecule has 0 fully saturated rings. The molecule has 0 atom stereocenters. The van der Waals surface area contributed by atoms with Gasteiger partial charge in [-0.2, -0.15) is 10.2 Å². The fourth-order valence-corrected chi connectivity index (χ4v) is 3.39. The largest absolute Gasteiger partial charge is 0.438 e. The van der Waals surface area contributed by atoms with Gasteiger partial charge in [0.15, 0.2) is 0 Å². The van der Waals surface area contributed by atoms with Gasteiger partial charge in [-0.15, -0.1) is 0 Å². The summed E-state index contributed by atoms with van der Waals surface area (Å²) >= 11 is 9.45. The molecule has 2 aromatic heterocycles. The van der Waals surface area contributed by atoms with Gasteiger partial charge in [-0.05, 0) is 54.6 Å². The second-order valence-electron chi connectivity index (χ2n) is 6.72. The molecular weight excluding hydrogens is 508 g/mol. The first kappa shape index (κ1) is 22.3. The van der Waals surface area contributed by atoms with Crippen molar-refractivity contribution >= 4 is 50.8 Å². The average Bonchev–Trinajstić information content (AvgIpc) is 2.82. The normalized spacial score (nSPS) is 11.1. The third-order valence-corrected chi connectivity index (χ3v) is 5.40. The average molecular weight is 522 g/mol. The molecule has 0 saturated heterocycles. The summed E-state index contributed by atoms with van der Waals surface area (Å²) in [5.74, 6) is -0.330. The molecule has 0 aliphatic heterocycles. The summed E-state index contributed by atoms with van der Waals surface area (Å²) in [5.41, 5.74) is -0.167. The number of fused-ring (bicyclic) bond motifs is 1. The van der Waals surface area contributed by atoms with E-state index in [0.29, 0.717) is 22.1 Å². The lowest BCUT2D eigenvalue weighted by atomic mass is 10.1. The number of hydrogen-bond donors (Lipinski definition) is 1. The molecule has 2 heterocycles. The van der Waals surface area contributed by atoms with Crippen molar-refractivity contribution in [3.8, 4) is 17.7 Å². The van der Waals surface area contributed by atoms with Crippen molar-refractivity contribution in [2.75, 3.05) is 5.32 Å². The number of halogens is 2. The van der Waals surface area contributed by atoms with Crippen molar-refractivity contribution < 1.29 is 9.53 Å². The topological polar surface area (TPSA) is 96.5 Å². The zero-order valence-electron chi connectivity index (χ0n) is 16.8. The minimum atomic E-state index is -0.724. The molecule has 0 saturated carbocycles. The molecule has 4 rings (SSSR count). The van der Waals surface area contributed by atoms with Crippen molar-refractivity contribution in [3.63, 3.8) is 0 Å². The van der Waals surface area contributed by atoms with Crippen LogP contribution in [0.4, 0.5) is 5.69 Å². The number of ether oxygens (including phenoxy) is 1. The molecule has 33 heavy (non-hydrogen) atoms. The number of para-hydroxylation sites is 1. The van der Waals surface area contributed by atoms with Crippen LogP contribution in [-0.2, 0) is 4.79 Å². The fraction of sp³-hybridized carbons (Fsp3) is 0. The van der Waals surface area contributed by atoms with Gasteiger partial charge in [-0.1, -0.05) is 45.7 Å². The van der Waals surface area contributed by atoms with Crippen LogP contribution in [0.5, 0.6) is 11.6 Å². The van der Waals surface area contributed by atoms with E-state index in [0.717, 1.165) is 10.5 Å². The molecule has 4 aromatic rings. The summed E-state index contributed by atoms with van der Waals surface area (Å²) in [6, 6.07) is 20.5. The van der Waals surface area contributed by atoms with Crippen LogP contribution >= 0.6 is 27.5 Å². The number of anilines is 1. The number of aromatic nitrogens is 2. The van der Waals surface area contributed by atoms with Gasteiger partial charge in [-0.25, -0.2) is 0 Å². The number of rotatable bonds is 5. The van der Waals surface area contributed by atoms with Gasteiger partial charge in [-0.3, -0.25) is 14.0 Å². The van der Waals surface area contributed by atoms with Gasteiger partial charge in [0.1, 0.15) is 28.6 Å². The molecule has 0 aliphatic carbocycles. The van der Waals surface area contributed by atoms with Crippen molar-refractivity contribution in [3.05, 3.63) is 104 Å². The Morgan fingerprint density at radius 2 is 1.85 bits per heavy atom. The van der Waals surface area contributed by atoms with Gasteiger partial charge in [0, 0.05) is 10.7 Å². The van der Waals surface area contributed by atoms with Crippen LogP contribution in [0.1, 0.15) is 5.56 Å². The SMILES string of the molecule is N#C/C(=C\c1c(Oc2ccc(Br)cc2)nc2ccccn2c1=O)C(=O)Nc1ccccc1Cl. The van der Waals surface area contributed by atoms with E-state index in [1.54, 1.807) is 72.9 Å². The van der Waals surface area contributed by atoms with Crippen LogP contribution in [0.2, 0.25) is 5.02 Å². The molecule has 9 heteroatoms. The van der Waals surface area contributed by atoms with E-state index >= 15 is 0 Å². The van der Waals surface area contributed by atoms with Crippen LogP contribution in [0.15, 0.2) is 87.8 Å². The zero-order valence-corrected chi connectivity index (χ0v) is 19.2. The van der Waals surface area contributed by atoms with E-state index < -0.39 is 11.5 Å². The Labute approximate surface area is 201 Å². The lowest BCUT2D eigenvalue weighted by Gasteiger charge is -2.11. The summed E-state index contributed by atoms with van der Waals surface area (Å²) in [4.78, 5) is 30.4. The van der Waals surface area contributed by atoms with Crippen molar-refractivity contribution in [1.29, 1.82) is 5.26 Å².